The fourth-order valence-electron chi connectivity index (χ4n) is 1.81. The molecule has 1 atom stereocenters. The van der Waals surface area contributed by atoms with Crippen molar-refractivity contribution in [2.24, 2.45) is 0 Å². The second-order valence-corrected chi connectivity index (χ2v) is 4.22. The molecule has 1 unspecified atom stereocenters. The number of hydrogen-bond donors (Lipinski definition) is 1. The first-order chi connectivity index (χ1) is 9.65. The molecule has 104 valence electrons. The molecular weight excluding hydrogens is 254 g/mol. The Hall–Kier alpha value is -2.53. The highest BCUT2D eigenvalue weighted by Gasteiger charge is 2.18. The Labute approximate surface area is 118 Å². The lowest BCUT2D eigenvalue weighted by atomic mass is 10.1. The maximum absolute atomic E-state index is 11.8. The van der Waals surface area contributed by atoms with Gasteiger partial charge in [-0.3, -0.25) is 0 Å². The average molecular weight is 271 g/mol. The van der Waals surface area contributed by atoms with E-state index in [9.17, 15) is 4.79 Å². The van der Waals surface area contributed by atoms with Crippen LogP contribution in [0.1, 0.15) is 37.8 Å². The molecule has 0 aliphatic heterocycles. The predicted molar refractivity (Wildman–Crippen MR) is 74.8 cm³/mol. The molecule has 1 aromatic carbocycles. The zero-order valence-corrected chi connectivity index (χ0v) is 11.6. The Kier molecular flexibility index (Phi) is 6.06. The van der Waals surface area contributed by atoms with Crippen LogP contribution < -0.4 is 5.32 Å². The van der Waals surface area contributed by atoms with E-state index in [1.807, 2.05) is 19.1 Å². The SMILES string of the molecule is CCCC(Nc1ccc(C#N)c(C#N)c1)C(=O)OCC. The van der Waals surface area contributed by atoms with Gasteiger partial charge in [0.15, 0.2) is 0 Å². The van der Waals surface area contributed by atoms with Gasteiger partial charge in [-0.2, -0.15) is 10.5 Å². The van der Waals surface area contributed by atoms with E-state index in [0.717, 1.165) is 6.42 Å². The number of esters is 1. The lowest BCUT2D eigenvalue weighted by molar-refractivity contribution is -0.144. The quantitative estimate of drug-likeness (QED) is 0.803. The zero-order valence-electron chi connectivity index (χ0n) is 11.6. The van der Waals surface area contributed by atoms with Crippen LogP contribution >= 0.6 is 0 Å². The molecule has 0 aliphatic carbocycles. The highest BCUT2D eigenvalue weighted by molar-refractivity contribution is 5.79. The third kappa shape index (κ3) is 4.00. The van der Waals surface area contributed by atoms with Gasteiger partial charge in [0.05, 0.1) is 17.7 Å². The van der Waals surface area contributed by atoms with E-state index in [-0.39, 0.29) is 11.5 Å². The molecule has 5 nitrogen and oxygen atoms in total. The van der Waals surface area contributed by atoms with Crippen molar-refractivity contribution < 1.29 is 9.53 Å². The standard InChI is InChI=1S/C15H17N3O2/c1-3-5-14(15(19)20-4-2)18-13-7-6-11(9-16)12(8-13)10-17/h6-8,14,18H,3-5H2,1-2H3. The normalized spacial score (nSPS) is 11.0. The van der Waals surface area contributed by atoms with E-state index in [4.69, 9.17) is 15.3 Å². The molecule has 0 saturated carbocycles. The van der Waals surface area contributed by atoms with Crippen molar-refractivity contribution in [3.63, 3.8) is 0 Å². The Morgan fingerprint density at radius 3 is 2.55 bits per heavy atom. The van der Waals surface area contributed by atoms with Crippen LogP contribution in [0, 0.1) is 22.7 Å². The average Bonchev–Trinajstić information content (AvgIpc) is 2.46. The number of benzene rings is 1. The molecule has 5 heteroatoms. The van der Waals surface area contributed by atoms with Crippen molar-refractivity contribution in [1.29, 1.82) is 10.5 Å². The van der Waals surface area contributed by atoms with Gasteiger partial charge in [0, 0.05) is 5.69 Å². The molecule has 1 rings (SSSR count). The van der Waals surface area contributed by atoms with E-state index < -0.39 is 6.04 Å². The fraction of sp³-hybridized carbons (Fsp3) is 0.400. The summed E-state index contributed by atoms with van der Waals surface area (Å²) in [6.07, 6.45) is 1.47. The van der Waals surface area contributed by atoms with Gasteiger partial charge in [-0.05, 0) is 31.5 Å². The molecule has 20 heavy (non-hydrogen) atoms. The first-order valence-corrected chi connectivity index (χ1v) is 6.53. The second-order valence-electron chi connectivity index (χ2n) is 4.22. The Balaban J connectivity index is 2.92. The minimum atomic E-state index is -0.445. The molecule has 0 bridgehead atoms. The van der Waals surface area contributed by atoms with Crippen LogP contribution in [-0.4, -0.2) is 18.6 Å². The molecule has 1 aromatic rings. The smallest absolute Gasteiger partial charge is 0.328 e. The van der Waals surface area contributed by atoms with Crippen LogP contribution in [0.4, 0.5) is 5.69 Å². The van der Waals surface area contributed by atoms with Crippen LogP contribution in [0.15, 0.2) is 18.2 Å². The van der Waals surface area contributed by atoms with Gasteiger partial charge in [0.25, 0.3) is 0 Å². The first-order valence-electron chi connectivity index (χ1n) is 6.53. The minimum absolute atomic E-state index is 0.289. The molecule has 1 N–H and O–H groups in total. The molecule has 0 spiro atoms. The van der Waals surface area contributed by atoms with Gasteiger partial charge >= 0.3 is 5.97 Å². The number of nitriles is 2. The Bertz CT molecular complexity index is 555. The van der Waals surface area contributed by atoms with Crippen LogP contribution in [0.5, 0.6) is 0 Å². The van der Waals surface area contributed by atoms with Gasteiger partial charge in [-0.25, -0.2) is 4.79 Å². The number of rotatable bonds is 6. The third-order valence-electron chi connectivity index (χ3n) is 2.75. The van der Waals surface area contributed by atoms with Crippen LogP contribution in [0.25, 0.3) is 0 Å². The topological polar surface area (TPSA) is 85.9 Å². The highest BCUT2D eigenvalue weighted by atomic mass is 16.5. The summed E-state index contributed by atoms with van der Waals surface area (Å²) < 4.78 is 5.01. The number of carbonyl (C=O) groups excluding carboxylic acids is 1. The lowest BCUT2D eigenvalue weighted by Gasteiger charge is -2.18. The van der Waals surface area contributed by atoms with Crippen molar-refractivity contribution >= 4 is 11.7 Å². The number of nitrogens with zero attached hydrogens (tertiary/aromatic N) is 2. The van der Waals surface area contributed by atoms with Crippen LogP contribution in [-0.2, 0) is 9.53 Å². The third-order valence-corrected chi connectivity index (χ3v) is 2.75. The first kappa shape index (κ1) is 15.5. The Morgan fingerprint density at radius 1 is 1.30 bits per heavy atom. The van der Waals surface area contributed by atoms with E-state index >= 15 is 0 Å². The number of hydrogen-bond acceptors (Lipinski definition) is 5. The van der Waals surface area contributed by atoms with Crippen LogP contribution in [0.2, 0.25) is 0 Å². The maximum atomic E-state index is 11.8. The van der Waals surface area contributed by atoms with Gasteiger partial charge < -0.3 is 10.1 Å². The summed E-state index contributed by atoms with van der Waals surface area (Å²) in [4.78, 5) is 11.8. The molecule has 0 aliphatic rings. The predicted octanol–water partition coefficient (Wildman–Crippen LogP) is 2.57. The fourth-order valence-corrected chi connectivity index (χ4v) is 1.81. The van der Waals surface area contributed by atoms with Gasteiger partial charge in [-0.15, -0.1) is 0 Å². The minimum Gasteiger partial charge on any atom is -0.464 e. The molecular formula is C15H17N3O2. The summed E-state index contributed by atoms with van der Waals surface area (Å²) in [5.41, 5.74) is 1.24. The van der Waals surface area contributed by atoms with E-state index in [1.165, 1.54) is 0 Å². The summed E-state index contributed by atoms with van der Waals surface area (Å²) in [5, 5.41) is 20.9. The largest absolute Gasteiger partial charge is 0.464 e. The van der Waals surface area contributed by atoms with E-state index in [1.54, 1.807) is 25.1 Å². The second kappa shape index (κ2) is 7.81. The molecule has 0 radical (unpaired) electrons. The summed E-state index contributed by atoms with van der Waals surface area (Å²) in [6, 6.07) is 8.29. The van der Waals surface area contributed by atoms with Crippen molar-refractivity contribution in [2.45, 2.75) is 32.7 Å². The van der Waals surface area contributed by atoms with E-state index in [2.05, 4.69) is 5.32 Å². The Morgan fingerprint density at radius 2 is 2.00 bits per heavy atom. The summed E-state index contributed by atoms with van der Waals surface area (Å²) in [6.45, 7) is 4.07. The lowest BCUT2D eigenvalue weighted by Crippen LogP contribution is -2.31. The summed E-state index contributed by atoms with van der Waals surface area (Å²) >= 11 is 0. The summed E-state index contributed by atoms with van der Waals surface area (Å²) in [7, 11) is 0. The highest BCUT2D eigenvalue weighted by Crippen LogP contribution is 2.17. The maximum Gasteiger partial charge on any atom is 0.328 e. The number of ether oxygens (including phenoxy) is 1. The van der Waals surface area contributed by atoms with Crippen molar-refractivity contribution in [3.8, 4) is 12.1 Å². The molecule has 0 saturated heterocycles. The molecule has 0 heterocycles. The van der Waals surface area contributed by atoms with Crippen LogP contribution in [0.3, 0.4) is 0 Å². The number of nitrogens with one attached hydrogen (secondary N) is 1. The molecule has 0 fully saturated rings. The zero-order chi connectivity index (χ0) is 15.0. The summed E-state index contributed by atoms with van der Waals surface area (Å²) in [5.74, 6) is -0.308. The van der Waals surface area contributed by atoms with E-state index in [0.29, 0.717) is 24.3 Å². The van der Waals surface area contributed by atoms with Gasteiger partial charge in [-0.1, -0.05) is 13.3 Å². The molecule has 0 amide bonds. The van der Waals surface area contributed by atoms with Crippen molar-refractivity contribution in [3.05, 3.63) is 29.3 Å². The molecule has 0 aromatic heterocycles. The number of carbonyl (C=O) groups is 1. The van der Waals surface area contributed by atoms with Crippen molar-refractivity contribution in [1.82, 2.24) is 0 Å². The number of anilines is 1. The van der Waals surface area contributed by atoms with Crippen molar-refractivity contribution in [2.75, 3.05) is 11.9 Å². The monoisotopic (exact) mass is 271 g/mol. The van der Waals surface area contributed by atoms with Gasteiger partial charge in [0.1, 0.15) is 18.2 Å². The van der Waals surface area contributed by atoms with Gasteiger partial charge in [0.2, 0.25) is 0 Å².